The Hall–Kier alpha value is -2.21. The van der Waals surface area contributed by atoms with Gasteiger partial charge in [-0.05, 0) is 6.92 Å². The van der Waals surface area contributed by atoms with Crippen LogP contribution in [0.1, 0.15) is 5.82 Å². The van der Waals surface area contributed by atoms with E-state index in [9.17, 15) is 5.11 Å². The van der Waals surface area contributed by atoms with Crippen molar-refractivity contribution in [3.8, 4) is 17.2 Å². The molecule has 0 unspecified atom stereocenters. The number of aliphatic hydroxyl groups is 1. The van der Waals surface area contributed by atoms with Crippen molar-refractivity contribution in [2.75, 3.05) is 20.8 Å². The number of hydrogen-bond acceptors (Lipinski definition) is 5. The van der Waals surface area contributed by atoms with E-state index >= 15 is 0 Å². The van der Waals surface area contributed by atoms with Gasteiger partial charge in [-0.25, -0.2) is 4.98 Å². The standard InChI is InChI=1S/C15H20N2O4/c1-11-16-4-5-17(11)9-12(18)10-21-15-7-13(19-2)6-14(8-15)20-3/h4-8,12,18H,9-10H2,1-3H3/t12-/m0/s1. The lowest BCUT2D eigenvalue weighted by molar-refractivity contribution is 0.0917. The minimum atomic E-state index is -0.630. The number of aliphatic hydroxyl groups excluding tert-OH is 1. The fourth-order valence-corrected chi connectivity index (χ4v) is 1.93. The van der Waals surface area contributed by atoms with Gasteiger partial charge >= 0.3 is 0 Å². The first kappa shape index (κ1) is 15.2. The molecule has 6 heteroatoms. The predicted molar refractivity (Wildman–Crippen MR) is 78.0 cm³/mol. The number of nitrogens with zero attached hydrogens (tertiary/aromatic N) is 2. The Labute approximate surface area is 123 Å². The summed E-state index contributed by atoms with van der Waals surface area (Å²) in [6.07, 6.45) is 2.90. The third kappa shape index (κ3) is 4.13. The number of hydrogen-bond donors (Lipinski definition) is 1. The van der Waals surface area contributed by atoms with Gasteiger partial charge in [-0.1, -0.05) is 0 Å². The smallest absolute Gasteiger partial charge is 0.126 e. The number of methoxy groups -OCH3 is 2. The summed E-state index contributed by atoms with van der Waals surface area (Å²) >= 11 is 0. The molecule has 0 aliphatic rings. The number of benzene rings is 1. The summed E-state index contributed by atoms with van der Waals surface area (Å²) in [5.74, 6) is 2.73. The maximum atomic E-state index is 10.0. The van der Waals surface area contributed by atoms with Crippen LogP contribution in [0.25, 0.3) is 0 Å². The Kier molecular flexibility index (Phi) is 5.05. The lowest BCUT2D eigenvalue weighted by Crippen LogP contribution is -2.23. The fraction of sp³-hybridized carbons (Fsp3) is 0.400. The van der Waals surface area contributed by atoms with E-state index < -0.39 is 6.10 Å². The average Bonchev–Trinajstić information content (AvgIpc) is 2.90. The second kappa shape index (κ2) is 6.99. The Morgan fingerprint density at radius 2 is 1.76 bits per heavy atom. The van der Waals surface area contributed by atoms with Crippen molar-refractivity contribution in [3.05, 3.63) is 36.4 Å². The average molecular weight is 292 g/mol. The van der Waals surface area contributed by atoms with Crippen LogP contribution in [0.2, 0.25) is 0 Å². The van der Waals surface area contributed by atoms with Gasteiger partial charge in [0, 0.05) is 30.6 Å². The van der Waals surface area contributed by atoms with Crippen LogP contribution >= 0.6 is 0 Å². The second-order valence-corrected chi connectivity index (χ2v) is 4.64. The molecule has 21 heavy (non-hydrogen) atoms. The molecule has 0 spiro atoms. The van der Waals surface area contributed by atoms with Gasteiger partial charge in [0.25, 0.3) is 0 Å². The molecule has 1 aromatic carbocycles. The highest BCUT2D eigenvalue weighted by atomic mass is 16.5. The largest absolute Gasteiger partial charge is 0.496 e. The molecule has 0 bridgehead atoms. The van der Waals surface area contributed by atoms with Crippen molar-refractivity contribution in [1.29, 1.82) is 0 Å². The summed E-state index contributed by atoms with van der Waals surface area (Å²) in [6.45, 7) is 2.50. The molecule has 0 fully saturated rings. The molecule has 1 atom stereocenters. The molecule has 0 amide bonds. The maximum absolute atomic E-state index is 10.0. The topological polar surface area (TPSA) is 65.7 Å². The molecule has 0 saturated heterocycles. The van der Waals surface area contributed by atoms with Gasteiger partial charge < -0.3 is 23.9 Å². The maximum Gasteiger partial charge on any atom is 0.126 e. The molecule has 1 N–H and O–H groups in total. The highest BCUT2D eigenvalue weighted by Gasteiger charge is 2.09. The van der Waals surface area contributed by atoms with Crippen LogP contribution in [-0.2, 0) is 6.54 Å². The Morgan fingerprint density at radius 3 is 2.29 bits per heavy atom. The van der Waals surface area contributed by atoms with Crippen LogP contribution in [0.3, 0.4) is 0 Å². The van der Waals surface area contributed by atoms with Gasteiger partial charge in [-0.3, -0.25) is 0 Å². The highest BCUT2D eigenvalue weighted by molar-refractivity contribution is 5.41. The van der Waals surface area contributed by atoms with Crippen molar-refractivity contribution in [3.63, 3.8) is 0 Å². The monoisotopic (exact) mass is 292 g/mol. The molecule has 0 aliphatic carbocycles. The molecular formula is C15H20N2O4. The molecule has 1 heterocycles. The molecule has 0 radical (unpaired) electrons. The number of imidazole rings is 1. The summed E-state index contributed by atoms with van der Waals surface area (Å²) in [6, 6.07) is 5.26. The van der Waals surface area contributed by atoms with Crippen LogP contribution < -0.4 is 14.2 Å². The molecule has 114 valence electrons. The first-order valence-corrected chi connectivity index (χ1v) is 6.64. The summed E-state index contributed by atoms with van der Waals surface area (Å²) in [5.41, 5.74) is 0. The Balaban J connectivity index is 1.94. The van der Waals surface area contributed by atoms with Gasteiger partial charge in [0.05, 0.1) is 20.8 Å². The van der Waals surface area contributed by atoms with Gasteiger partial charge in [-0.2, -0.15) is 0 Å². The summed E-state index contributed by atoms with van der Waals surface area (Å²) in [7, 11) is 3.16. The van der Waals surface area contributed by atoms with E-state index in [1.54, 1.807) is 38.6 Å². The van der Waals surface area contributed by atoms with E-state index in [1.807, 2.05) is 17.7 Å². The Bertz CT molecular complexity index is 561. The Morgan fingerprint density at radius 1 is 1.14 bits per heavy atom. The molecule has 1 aromatic heterocycles. The van der Waals surface area contributed by atoms with E-state index in [0.717, 1.165) is 5.82 Å². The molecule has 2 rings (SSSR count). The van der Waals surface area contributed by atoms with Crippen LogP contribution in [0, 0.1) is 6.92 Å². The fourth-order valence-electron chi connectivity index (χ4n) is 1.93. The van der Waals surface area contributed by atoms with Gasteiger partial charge in [0.2, 0.25) is 0 Å². The zero-order valence-corrected chi connectivity index (χ0v) is 12.4. The highest BCUT2D eigenvalue weighted by Crippen LogP contribution is 2.27. The zero-order chi connectivity index (χ0) is 15.2. The molecule has 2 aromatic rings. The van der Waals surface area contributed by atoms with Crippen LogP contribution in [0.15, 0.2) is 30.6 Å². The predicted octanol–water partition coefficient (Wildman–Crippen LogP) is 1.65. The molecule has 0 aliphatic heterocycles. The third-order valence-electron chi connectivity index (χ3n) is 3.10. The van der Waals surface area contributed by atoms with Gasteiger partial charge in [0.1, 0.15) is 35.8 Å². The van der Waals surface area contributed by atoms with Crippen molar-refractivity contribution >= 4 is 0 Å². The van der Waals surface area contributed by atoms with Crippen molar-refractivity contribution in [2.24, 2.45) is 0 Å². The molecule has 0 saturated carbocycles. The second-order valence-electron chi connectivity index (χ2n) is 4.64. The summed E-state index contributed by atoms with van der Waals surface area (Å²) in [5, 5.41) is 10.0. The van der Waals surface area contributed by atoms with E-state index in [4.69, 9.17) is 14.2 Å². The summed E-state index contributed by atoms with van der Waals surface area (Å²) < 4.78 is 17.8. The van der Waals surface area contributed by atoms with E-state index in [1.165, 1.54) is 0 Å². The first-order valence-electron chi connectivity index (χ1n) is 6.64. The van der Waals surface area contributed by atoms with Crippen molar-refractivity contribution < 1.29 is 19.3 Å². The minimum Gasteiger partial charge on any atom is -0.496 e. The minimum absolute atomic E-state index is 0.175. The van der Waals surface area contributed by atoms with E-state index in [-0.39, 0.29) is 6.61 Å². The van der Waals surface area contributed by atoms with Crippen LogP contribution in [0.4, 0.5) is 0 Å². The lowest BCUT2D eigenvalue weighted by atomic mass is 10.3. The number of ether oxygens (including phenoxy) is 3. The van der Waals surface area contributed by atoms with Crippen molar-refractivity contribution in [1.82, 2.24) is 9.55 Å². The normalized spacial score (nSPS) is 12.0. The van der Waals surface area contributed by atoms with Crippen LogP contribution in [-0.4, -0.2) is 41.6 Å². The van der Waals surface area contributed by atoms with E-state index in [0.29, 0.717) is 23.8 Å². The van der Waals surface area contributed by atoms with Crippen molar-refractivity contribution in [2.45, 2.75) is 19.6 Å². The third-order valence-corrected chi connectivity index (χ3v) is 3.10. The van der Waals surface area contributed by atoms with E-state index in [2.05, 4.69) is 4.98 Å². The number of rotatable bonds is 7. The van der Waals surface area contributed by atoms with Crippen LogP contribution in [0.5, 0.6) is 17.2 Å². The number of aryl methyl sites for hydroxylation is 1. The summed E-state index contributed by atoms with van der Waals surface area (Å²) in [4.78, 5) is 4.11. The zero-order valence-electron chi connectivity index (χ0n) is 12.4. The van der Waals surface area contributed by atoms with Gasteiger partial charge in [0.15, 0.2) is 0 Å². The SMILES string of the molecule is COc1cc(OC)cc(OC[C@@H](O)Cn2ccnc2C)c1. The lowest BCUT2D eigenvalue weighted by Gasteiger charge is -2.15. The quantitative estimate of drug-likeness (QED) is 0.840. The number of aromatic nitrogens is 2. The first-order chi connectivity index (χ1) is 10.1. The van der Waals surface area contributed by atoms with Gasteiger partial charge in [-0.15, -0.1) is 0 Å². The molecule has 6 nitrogen and oxygen atoms in total. The molecular weight excluding hydrogens is 272 g/mol.